The Morgan fingerprint density at radius 3 is 2.47 bits per heavy atom. The lowest BCUT2D eigenvalue weighted by Crippen LogP contribution is -2.38. The first kappa shape index (κ1) is 14.9. The highest BCUT2D eigenvalue weighted by atomic mass is 32.2. The van der Waals surface area contributed by atoms with Crippen LogP contribution in [-0.2, 0) is 0 Å². The fraction of sp³-hybridized carbons (Fsp3) is 0.647. The molecule has 1 aliphatic rings. The normalized spacial score (nSPS) is 24.7. The summed E-state index contributed by atoms with van der Waals surface area (Å²) in [6.07, 6.45) is 2.68. The van der Waals surface area contributed by atoms with E-state index in [1.807, 2.05) is 0 Å². The van der Waals surface area contributed by atoms with E-state index in [-0.39, 0.29) is 0 Å². The Hall–Kier alpha value is -0.470. The van der Waals surface area contributed by atoms with Crippen molar-refractivity contribution in [3.05, 3.63) is 34.4 Å². The summed E-state index contributed by atoms with van der Waals surface area (Å²) in [5, 5.41) is 3.75. The molecular formula is C17H27NS. The van der Waals surface area contributed by atoms with E-state index in [9.17, 15) is 0 Å². The average molecular weight is 277 g/mol. The summed E-state index contributed by atoms with van der Waals surface area (Å²) in [7, 11) is 0. The van der Waals surface area contributed by atoms with E-state index in [2.05, 4.69) is 63.8 Å². The highest BCUT2D eigenvalue weighted by Crippen LogP contribution is 2.47. The van der Waals surface area contributed by atoms with Gasteiger partial charge in [-0.25, -0.2) is 0 Å². The van der Waals surface area contributed by atoms with Gasteiger partial charge in [0.15, 0.2) is 0 Å². The first-order valence-electron chi connectivity index (χ1n) is 7.43. The number of hydrogen-bond acceptors (Lipinski definition) is 2. The molecule has 106 valence electrons. The highest BCUT2D eigenvalue weighted by Gasteiger charge is 2.38. The molecule has 0 amide bonds. The van der Waals surface area contributed by atoms with Crippen molar-refractivity contribution >= 4 is 11.8 Å². The molecule has 1 aliphatic heterocycles. The second-order valence-electron chi connectivity index (χ2n) is 6.05. The third-order valence-electron chi connectivity index (χ3n) is 4.46. The van der Waals surface area contributed by atoms with Gasteiger partial charge in [-0.05, 0) is 75.1 Å². The molecule has 2 unspecified atom stereocenters. The minimum absolute atomic E-state index is 0.350. The lowest BCUT2D eigenvalue weighted by molar-refractivity contribution is 0.420. The molecule has 19 heavy (non-hydrogen) atoms. The maximum atomic E-state index is 3.75. The second-order valence-corrected chi connectivity index (χ2v) is 7.68. The van der Waals surface area contributed by atoms with Gasteiger partial charge in [-0.1, -0.05) is 19.1 Å². The first-order valence-corrected chi connectivity index (χ1v) is 8.41. The van der Waals surface area contributed by atoms with Crippen LogP contribution in [0.5, 0.6) is 0 Å². The minimum Gasteiger partial charge on any atom is -0.309 e. The zero-order valence-corrected chi connectivity index (χ0v) is 13.8. The van der Waals surface area contributed by atoms with Crippen molar-refractivity contribution in [1.29, 1.82) is 0 Å². The van der Waals surface area contributed by atoms with E-state index in [4.69, 9.17) is 0 Å². The minimum atomic E-state index is 0.350. The van der Waals surface area contributed by atoms with Gasteiger partial charge in [0.25, 0.3) is 0 Å². The molecule has 2 atom stereocenters. The third kappa shape index (κ3) is 3.00. The van der Waals surface area contributed by atoms with Crippen LogP contribution in [0, 0.1) is 20.8 Å². The summed E-state index contributed by atoms with van der Waals surface area (Å²) >= 11 is 2.14. The Bertz CT molecular complexity index is 447. The van der Waals surface area contributed by atoms with Crippen LogP contribution in [0.1, 0.15) is 55.0 Å². The number of thioether (sulfide) groups is 1. The van der Waals surface area contributed by atoms with E-state index < -0.39 is 0 Å². The monoisotopic (exact) mass is 277 g/mol. The van der Waals surface area contributed by atoms with Crippen molar-refractivity contribution < 1.29 is 0 Å². The van der Waals surface area contributed by atoms with E-state index in [0.29, 0.717) is 10.8 Å². The molecule has 1 N–H and O–H groups in total. The summed E-state index contributed by atoms with van der Waals surface area (Å²) in [5.41, 5.74) is 5.75. The van der Waals surface area contributed by atoms with Crippen molar-refractivity contribution in [2.45, 2.75) is 58.2 Å². The smallest absolute Gasteiger partial charge is 0.0469 e. The molecule has 0 aromatic heterocycles. The highest BCUT2D eigenvalue weighted by molar-refractivity contribution is 8.00. The van der Waals surface area contributed by atoms with Crippen LogP contribution in [0.4, 0.5) is 0 Å². The van der Waals surface area contributed by atoms with E-state index in [0.717, 1.165) is 6.54 Å². The summed E-state index contributed by atoms with van der Waals surface area (Å²) in [4.78, 5) is 0. The molecule has 1 fully saturated rings. The summed E-state index contributed by atoms with van der Waals surface area (Å²) in [6, 6.07) is 5.23. The number of rotatable bonds is 4. The Morgan fingerprint density at radius 2 is 1.89 bits per heavy atom. The molecule has 1 aromatic carbocycles. The van der Waals surface area contributed by atoms with Crippen molar-refractivity contribution in [2.24, 2.45) is 0 Å². The first-order chi connectivity index (χ1) is 8.98. The molecule has 1 saturated heterocycles. The van der Waals surface area contributed by atoms with Gasteiger partial charge in [0, 0.05) is 10.8 Å². The maximum absolute atomic E-state index is 3.75. The van der Waals surface area contributed by atoms with Crippen LogP contribution in [0.25, 0.3) is 0 Å². The molecule has 0 radical (unpaired) electrons. The zero-order chi connectivity index (χ0) is 14.0. The summed E-state index contributed by atoms with van der Waals surface area (Å²) in [6.45, 7) is 12.4. The van der Waals surface area contributed by atoms with Crippen LogP contribution < -0.4 is 5.32 Å². The van der Waals surface area contributed by atoms with Gasteiger partial charge < -0.3 is 5.32 Å². The largest absolute Gasteiger partial charge is 0.309 e. The van der Waals surface area contributed by atoms with Crippen molar-refractivity contribution in [3.63, 3.8) is 0 Å². The summed E-state index contributed by atoms with van der Waals surface area (Å²) < 4.78 is 0.350. The van der Waals surface area contributed by atoms with Gasteiger partial charge in [0.05, 0.1) is 0 Å². The lowest BCUT2D eigenvalue weighted by atomic mass is 9.86. The van der Waals surface area contributed by atoms with Crippen LogP contribution in [-0.4, -0.2) is 17.0 Å². The lowest BCUT2D eigenvalue weighted by Gasteiger charge is -2.35. The zero-order valence-electron chi connectivity index (χ0n) is 13.0. The quantitative estimate of drug-likeness (QED) is 0.866. The Morgan fingerprint density at radius 1 is 1.21 bits per heavy atom. The topological polar surface area (TPSA) is 12.0 Å². The molecule has 1 aromatic rings. The predicted molar refractivity (Wildman–Crippen MR) is 87.2 cm³/mol. The predicted octanol–water partition coefficient (Wildman–Crippen LogP) is 4.55. The van der Waals surface area contributed by atoms with Gasteiger partial charge >= 0.3 is 0 Å². The number of benzene rings is 1. The molecule has 2 rings (SSSR count). The summed E-state index contributed by atoms with van der Waals surface area (Å²) in [5.74, 6) is 1.31. The van der Waals surface area contributed by atoms with E-state index in [1.54, 1.807) is 0 Å². The maximum Gasteiger partial charge on any atom is 0.0469 e. The Kier molecular flexibility index (Phi) is 4.62. The molecule has 1 nitrogen and oxygen atoms in total. The fourth-order valence-electron chi connectivity index (χ4n) is 3.18. The number of nitrogens with one attached hydrogen (secondary N) is 1. The van der Waals surface area contributed by atoms with Crippen LogP contribution in [0.15, 0.2) is 12.1 Å². The van der Waals surface area contributed by atoms with Gasteiger partial charge in [-0.2, -0.15) is 11.8 Å². The standard InChI is InChI=1S/C17H27NS/c1-6-18-16(17(5)8-7-9-19-17)15-11-13(3)12(2)10-14(15)4/h10-11,16,18H,6-9H2,1-5H3. The molecule has 1 heterocycles. The molecule has 2 heteroatoms. The molecular weight excluding hydrogens is 250 g/mol. The molecule has 0 spiro atoms. The molecule has 0 bridgehead atoms. The van der Waals surface area contributed by atoms with Gasteiger partial charge in [0.2, 0.25) is 0 Å². The van der Waals surface area contributed by atoms with Gasteiger partial charge in [-0.15, -0.1) is 0 Å². The van der Waals surface area contributed by atoms with Gasteiger partial charge in [-0.3, -0.25) is 0 Å². The van der Waals surface area contributed by atoms with Crippen LogP contribution in [0.3, 0.4) is 0 Å². The van der Waals surface area contributed by atoms with Crippen molar-refractivity contribution in [3.8, 4) is 0 Å². The Balaban J connectivity index is 2.41. The van der Waals surface area contributed by atoms with Gasteiger partial charge in [0.1, 0.15) is 0 Å². The fourth-order valence-corrected chi connectivity index (χ4v) is 4.60. The second kappa shape index (κ2) is 5.88. The average Bonchev–Trinajstić information content (AvgIpc) is 2.79. The van der Waals surface area contributed by atoms with E-state index in [1.165, 1.54) is 40.8 Å². The van der Waals surface area contributed by atoms with Crippen LogP contribution in [0.2, 0.25) is 0 Å². The molecule has 0 saturated carbocycles. The van der Waals surface area contributed by atoms with Crippen molar-refractivity contribution in [1.82, 2.24) is 5.32 Å². The molecule has 0 aliphatic carbocycles. The number of aryl methyl sites for hydroxylation is 3. The SMILES string of the molecule is CCNC(c1cc(C)c(C)cc1C)C1(C)CCCS1. The van der Waals surface area contributed by atoms with E-state index >= 15 is 0 Å². The van der Waals surface area contributed by atoms with Crippen molar-refractivity contribution in [2.75, 3.05) is 12.3 Å². The third-order valence-corrected chi connectivity index (χ3v) is 6.05. The number of hydrogen-bond donors (Lipinski definition) is 1. The Labute approximate surface area is 122 Å². The van der Waals surface area contributed by atoms with Crippen LogP contribution >= 0.6 is 11.8 Å².